The number of ether oxygens (including phenoxy) is 2. The molecule has 4 rings (SSSR count). The summed E-state index contributed by atoms with van der Waals surface area (Å²) in [6.07, 6.45) is 3.07. The maximum Gasteiger partial charge on any atom is 0.162 e. The van der Waals surface area contributed by atoms with Gasteiger partial charge in [-0.3, -0.25) is 4.68 Å². The standard InChI is InChI=1S/C22H29N5O3/c1-5-6-16-19-20(26(2)25-16)22(27-11-9-15(28)10-12-27)24-21(23-19)14-7-8-17(29-3)18(13-14)30-4/h7-8,13,15,28H,5-6,9-12H2,1-4H3. The van der Waals surface area contributed by atoms with Crippen molar-refractivity contribution in [1.29, 1.82) is 0 Å². The molecule has 1 fully saturated rings. The van der Waals surface area contributed by atoms with E-state index in [1.54, 1.807) is 14.2 Å². The summed E-state index contributed by atoms with van der Waals surface area (Å²) in [5, 5.41) is 14.7. The van der Waals surface area contributed by atoms with Crippen LogP contribution in [0.5, 0.6) is 11.5 Å². The number of nitrogens with zero attached hydrogens (tertiary/aromatic N) is 5. The van der Waals surface area contributed by atoms with Gasteiger partial charge in [0.25, 0.3) is 0 Å². The van der Waals surface area contributed by atoms with Crippen molar-refractivity contribution in [2.75, 3.05) is 32.2 Å². The molecule has 1 aromatic carbocycles. The van der Waals surface area contributed by atoms with Crippen molar-refractivity contribution >= 4 is 16.9 Å². The van der Waals surface area contributed by atoms with Gasteiger partial charge < -0.3 is 19.5 Å². The highest BCUT2D eigenvalue weighted by Gasteiger charge is 2.25. The Bertz CT molecular complexity index is 1040. The second-order valence-electron chi connectivity index (χ2n) is 7.68. The normalized spacial score (nSPS) is 15.0. The number of hydrogen-bond acceptors (Lipinski definition) is 7. The van der Waals surface area contributed by atoms with Gasteiger partial charge in [-0.25, -0.2) is 9.97 Å². The van der Waals surface area contributed by atoms with Crippen LogP contribution in [0.15, 0.2) is 18.2 Å². The van der Waals surface area contributed by atoms with Crippen LogP contribution in [0.2, 0.25) is 0 Å². The molecule has 1 N–H and O–H groups in total. The van der Waals surface area contributed by atoms with Crippen molar-refractivity contribution in [3.63, 3.8) is 0 Å². The van der Waals surface area contributed by atoms with Crippen molar-refractivity contribution in [3.05, 3.63) is 23.9 Å². The lowest BCUT2D eigenvalue weighted by Crippen LogP contribution is -2.36. The molecular weight excluding hydrogens is 382 g/mol. The van der Waals surface area contributed by atoms with E-state index in [-0.39, 0.29) is 6.10 Å². The predicted octanol–water partition coefficient (Wildman–Crippen LogP) is 2.96. The van der Waals surface area contributed by atoms with Crippen LogP contribution in [0.1, 0.15) is 31.9 Å². The molecule has 2 aromatic heterocycles. The van der Waals surface area contributed by atoms with E-state index in [4.69, 9.17) is 24.5 Å². The molecule has 1 saturated heterocycles. The zero-order valence-corrected chi connectivity index (χ0v) is 18.1. The molecule has 0 amide bonds. The smallest absolute Gasteiger partial charge is 0.162 e. The average molecular weight is 412 g/mol. The molecule has 0 aliphatic carbocycles. The van der Waals surface area contributed by atoms with Crippen molar-refractivity contribution in [2.24, 2.45) is 7.05 Å². The van der Waals surface area contributed by atoms with Crippen LogP contribution in [0.4, 0.5) is 5.82 Å². The van der Waals surface area contributed by atoms with Crippen LogP contribution in [-0.2, 0) is 13.5 Å². The van der Waals surface area contributed by atoms with Gasteiger partial charge in [-0.05, 0) is 37.5 Å². The summed E-state index contributed by atoms with van der Waals surface area (Å²) in [6.45, 7) is 3.66. The summed E-state index contributed by atoms with van der Waals surface area (Å²) < 4.78 is 12.7. The molecule has 0 radical (unpaired) electrons. The van der Waals surface area contributed by atoms with E-state index in [2.05, 4.69) is 11.8 Å². The van der Waals surface area contributed by atoms with Gasteiger partial charge >= 0.3 is 0 Å². The lowest BCUT2D eigenvalue weighted by atomic mass is 10.1. The highest BCUT2D eigenvalue weighted by molar-refractivity contribution is 5.90. The van der Waals surface area contributed by atoms with Crippen molar-refractivity contribution in [1.82, 2.24) is 19.7 Å². The quantitative estimate of drug-likeness (QED) is 0.667. The minimum atomic E-state index is -0.244. The first-order chi connectivity index (χ1) is 14.5. The number of rotatable bonds is 6. The van der Waals surface area contributed by atoms with E-state index < -0.39 is 0 Å². The first-order valence-corrected chi connectivity index (χ1v) is 10.4. The number of hydrogen-bond donors (Lipinski definition) is 1. The van der Waals surface area contributed by atoms with E-state index in [1.807, 2.05) is 29.9 Å². The van der Waals surface area contributed by atoms with Gasteiger partial charge in [0, 0.05) is 25.7 Å². The second-order valence-corrected chi connectivity index (χ2v) is 7.68. The predicted molar refractivity (Wildman–Crippen MR) is 116 cm³/mol. The molecule has 1 aliphatic heterocycles. The average Bonchev–Trinajstić information content (AvgIpc) is 3.09. The summed E-state index contributed by atoms with van der Waals surface area (Å²) in [7, 11) is 5.19. The first-order valence-electron chi connectivity index (χ1n) is 10.4. The number of piperidine rings is 1. The Morgan fingerprint density at radius 2 is 1.83 bits per heavy atom. The van der Waals surface area contributed by atoms with Crippen LogP contribution in [-0.4, -0.2) is 58.3 Å². The van der Waals surface area contributed by atoms with Gasteiger partial charge in [0.2, 0.25) is 0 Å². The van der Waals surface area contributed by atoms with Crippen LogP contribution in [0, 0.1) is 0 Å². The molecule has 3 aromatic rings. The first kappa shape index (κ1) is 20.4. The maximum absolute atomic E-state index is 9.95. The van der Waals surface area contributed by atoms with Crippen molar-refractivity contribution < 1.29 is 14.6 Å². The van der Waals surface area contributed by atoms with Gasteiger partial charge in [0.1, 0.15) is 11.0 Å². The minimum Gasteiger partial charge on any atom is -0.493 e. The Morgan fingerprint density at radius 3 is 2.50 bits per heavy atom. The number of methoxy groups -OCH3 is 2. The number of aryl methyl sites for hydroxylation is 2. The molecule has 160 valence electrons. The number of anilines is 1. The Hall–Kier alpha value is -2.87. The van der Waals surface area contributed by atoms with Gasteiger partial charge in [-0.2, -0.15) is 5.10 Å². The van der Waals surface area contributed by atoms with Gasteiger partial charge in [-0.1, -0.05) is 13.3 Å². The number of fused-ring (bicyclic) bond motifs is 1. The topological polar surface area (TPSA) is 85.5 Å². The van der Waals surface area contributed by atoms with E-state index in [9.17, 15) is 5.11 Å². The molecule has 0 unspecified atom stereocenters. The Balaban J connectivity index is 1.89. The molecule has 8 heteroatoms. The molecule has 3 heterocycles. The summed E-state index contributed by atoms with van der Waals surface area (Å²) >= 11 is 0. The van der Waals surface area contributed by atoms with E-state index in [0.717, 1.165) is 66.9 Å². The van der Waals surface area contributed by atoms with Crippen LogP contribution in [0.25, 0.3) is 22.4 Å². The van der Waals surface area contributed by atoms with Crippen LogP contribution < -0.4 is 14.4 Å². The van der Waals surface area contributed by atoms with Crippen molar-refractivity contribution in [3.8, 4) is 22.9 Å². The zero-order valence-electron chi connectivity index (χ0n) is 18.1. The SMILES string of the molecule is CCCc1nn(C)c2c(N3CCC(O)CC3)nc(-c3ccc(OC)c(OC)c3)nc12. The molecule has 8 nitrogen and oxygen atoms in total. The second kappa shape index (κ2) is 8.47. The third kappa shape index (κ3) is 3.67. The van der Waals surface area contributed by atoms with Crippen molar-refractivity contribution in [2.45, 2.75) is 38.7 Å². The molecular formula is C22H29N5O3. The Labute approximate surface area is 176 Å². The molecule has 30 heavy (non-hydrogen) atoms. The third-order valence-corrected chi connectivity index (χ3v) is 5.63. The number of aromatic nitrogens is 4. The summed E-state index contributed by atoms with van der Waals surface area (Å²) in [5.74, 6) is 2.81. The fourth-order valence-electron chi connectivity index (χ4n) is 4.03. The summed E-state index contributed by atoms with van der Waals surface area (Å²) in [4.78, 5) is 12.1. The highest BCUT2D eigenvalue weighted by atomic mass is 16.5. The monoisotopic (exact) mass is 411 g/mol. The van der Waals surface area contributed by atoms with Gasteiger partial charge in [0.05, 0.1) is 26.0 Å². The fraction of sp³-hybridized carbons (Fsp3) is 0.500. The summed E-state index contributed by atoms with van der Waals surface area (Å²) in [6, 6.07) is 5.72. The number of aliphatic hydroxyl groups is 1. The largest absolute Gasteiger partial charge is 0.493 e. The van der Waals surface area contributed by atoms with Crippen LogP contribution >= 0.6 is 0 Å². The molecule has 0 saturated carbocycles. The maximum atomic E-state index is 9.95. The van der Waals surface area contributed by atoms with Gasteiger partial charge in [-0.15, -0.1) is 0 Å². The Kier molecular flexibility index (Phi) is 5.76. The lowest BCUT2D eigenvalue weighted by molar-refractivity contribution is 0.145. The van der Waals surface area contributed by atoms with E-state index in [1.165, 1.54) is 0 Å². The molecule has 0 atom stereocenters. The number of benzene rings is 1. The highest BCUT2D eigenvalue weighted by Crippen LogP contribution is 2.35. The fourth-order valence-corrected chi connectivity index (χ4v) is 4.03. The molecule has 0 spiro atoms. The van der Waals surface area contributed by atoms with E-state index >= 15 is 0 Å². The van der Waals surface area contributed by atoms with E-state index in [0.29, 0.717) is 17.3 Å². The van der Waals surface area contributed by atoms with Gasteiger partial charge in [0.15, 0.2) is 23.1 Å². The van der Waals surface area contributed by atoms with Crippen LogP contribution in [0.3, 0.4) is 0 Å². The zero-order chi connectivity index (χ0) is 21.3. The lowest BCUT2D eigenvalue weighted by Gasteiger charge is -2.31. The minimum absolute atomic E-state index is 0.244. The molecule has 1 aliphatic rings. The summed E-state index contributed by atoms with van der Waals surface area (Å²) in [5.41, 5.74) is 3.68. The molecule has 0 bridgehead atoms. The third-order valence-electron chi connectivity index (χ3n) is 5.63. The number of aliphatic hydroxyl groups excluding tert-OH is 1. The Morgan fingerprint density at radius 1 is 1.10 bits per heavy atom.